The lowest BCUT2D eigenvalue weighted by molar-refractivity contribution is -0.384. The quantitative estimate of drug-likeness (QED) is 0.385. The molecule has 5 rings (SSSR count). The highest BCUT2D eigenvalue weighted by molar-refractivity contribution is 9.10. The predicted octanol–water partition coefficient (Wildman–Crippen LogP) is 5.20. The third kappa shape index (κ3) is 3.02. The van der Waals surface area contributed by atoms with Gasteiger partial charge in [0.1, 0.15) is 11.5 Å². The van der Waals surface area contributed by atoms with Crippen LogP contribution in [-0.4, -0.2) is 22.8 Å². The fourth-order valence-corrected chi connectivity index (χ4v) is 4.30. The van der Waals surface area contributed by atoms with Gasteiger partial charge in [-0.2, -0.15) is 5.10 Å². The molecule has 2 atom stereocenters. The second-order valence-electron chi connectivity index (χ2n) is 6.97. The number of furan rings is 1. The fourth-order valence-electron chi connectivity index (χ4n) is 3.85. The van der Waals surface area contributed by atoms with Crippen molar-refractivity contribution in [3.05, 3.63) is 86.3 Å². The zero-order chi connectivity index (χ0) is 20.8. The normalized spacial score (nSPS) is 19.5. The lowest BCUT2D eigenvalue weighted by atomic mass is 9.97. The van der Waals surface area contributed by atoms with Crippen molar-refractivity contribution in [2.24, 2.45) is 5.10 Å². The summed E-state index contributed by atoms with van der Waals surface area (Å²) in [4.78, 5) is 10.6. The number of benzene rings is 2. The van der Waals surface area contributed by atoms with Crippen LogP contribution in [0.3, 0.4) is 0 Å². The Hall–Kier alpha value is -3.33. The Labute approximate surface area is 180 Å². The molecular formula is C21H16BrN3O5. The second-order valence-corrected chi connectivity index (χ2v) is 7.88. The summed E-state index contributed by atoms with van der Waals surface area (Å²) in [5.74, 6) is 1.95. The number of halogens is 1. The van der Waals surface area contributed by atoms with E-state index in [0.717, 1.165) is 21.3 Å². The fraction of sp³-hybridized carbons (Fsp3) is 0.190. The molecule has 1 aromatic heterocycles. The molecule has 0 saturated heterocycles. The molecule has 0 N–H and O–H groups in total. The zero-order valence-electron chi connectivity index (χ0n) is 15.8. The molecular weight excluding hydrogens is 454 g/mol. The Morgan fingerprint density at radius 1 is 1.27 bits per heavy atom. The SMILES string of the molecule is COc1cc(Br)cc2c1O[C@@H](c1ccc([N+](=O)[O-])cc1)N1N=C(c3ccco3)C[C@H]21. The van der Waals surface area contributed by atoms with Crippen molar-refractivity contribution >= 4 is 27.3 Å². The van der Waals surface area contributed by atoms with E-state index in [1.54, 1.807) is 25.5 Å². The molecule has 0 amide bonds. The highest BCUT2D eigenvalue weighted by Crippen LogP contribution is 2.51. The molecule has 8 nitrogen and oxygen atoms in total. The van der Waals surface area contributed by atoms with Gasteiger partial charge in [-0.3, -0.25) is 10.1 Å². The summed E-state index contributed by atoms with van der Waals surface area (Å²) in [5.41, 5.74) is 2.54. The van der Waals surface area contributed by atoms with Gasteiger partial charge in [0.25, 0.3) is 5.69 Å². The number of methoxy groups -OCH3 is 1. The van der Waals surface area contributed by atoms with Crippen molar-refractivity contribution in [2.45, 2.75) is 18.7 Å². The molecule has 3 aromatic rings. The van der Waals surface area contributed by atoms with Crippen molar-refractivity contribution in [2.75, 3.05) is 7.11 Å². The number of non-ortho nitro benzene ring substituents is 1. The lowest BCUT2D eigenvalue weighted by Crippen LogP contribution is -2.34. The van der Waals surface area contributed by atoms with E-state index >= 15 is 0 Å². The molecule has 9 heteroatoms. The van der Waals surface area contributed by atoms with E-state index in [9.17, 15) is 10.1 Å². The minimum absolute atomic E-state index is 0.0224. The number of fused-ring (bicyclic) bond motifs is 3. The summed E-state index contributed by atoms with van der Waals surface area (Å²) < 4.78 is 18.3. The Morgan fingerprint density at radius 2 is 2.07 bits per heavy atom. The van der Waals surface area contributed by atoms with Gasteiger partial charge in [0.15, 0.2) is 11.5 Å². The monoisotopic (exact) mass is 469 g/mol. The number of hydrogen-bond acceptors (Lipinski definition) is 7. The van der Waals surface area contributed by atoms with Gasteiger partial charge < -0.3 is 13.9 Å². The topological polar surface area (TPSA) is 90.3 Å². The Morgan fingerprint density at radius 3 is 2.73 bits per heavy atom. The van der Waals surface area contributed by atoms with Crippen LogP contribution in [0.1, 0.15) is 35.6 Å². The summed E-state index contributed by atoms with van der Waals surface area (Å²) in [6.07, 6.45) is 1.69. The van der Waals surface area contributed by atoms with E-state index < -0.39 is 11.2 Å². The molecule has 0 radical (unpaired) electrons. The van der Waals surface area contributed by atoms with Gasteiger partial charge in [0.2, 0.25) is 6.23 Å². The van der Waals surface area contributed by atoms with Gasteiger partial charge in [-0.1, -0.05) is 15.9 Å². The van der Waals surface area contributed by atoms with Crippen LogP contribution in [0.5, 0.6) is 11.5 Å². The Kier molecular flexibility index (Phi) is 4.47. The van der Waals surface area contributed by atoms with Crippen molar-refractivity contribution in [1.29, 1.82) is 0 Å². The molecule has 3 heterocycles. The van der Waals surface area contributed by atoms with Crippen LogP contribution in [0.2, 0.25) is 0 Å². The van der Waals surface area contributed by atoms with E-state index in [-0.39, 0.29) is 11.7 Å². The molecule has 2 aliphatic heterocycles. The van der Waals surface area contributed by atoms with Crippen LogP contribution < -0.4 is 9.47 Å². The summed E-state index contributed by atoms with van der Waals surface area (Å²) in [6.45, 7) is 0. The van der Waals surface area contributed by atoms with Crippen molar-refractivity contribution in [1.82, 2.24) is 5.01 Å². The number of ether oxygens (including phenoxy) is 2. The number of nitro groups is 1. The third-order valence-corrected chi connectivity index (χ3v) is 5.69. The molecule has 30 heavy (non-hydrogen) atoms. The number of hydrogen-bond donors (Lipinski definition) is 0. The molecule has 0 saturated carbocycles. The van der Waals surface area contributed by atoms with Crippen molar-refractivity contribution < 1.29 is 18.8 Å². The zero-order valence-corrected chi connectivity index (χ0v) is 17.4. The molecule has 2 aliphatic rings. The number of nitro benzene ring substituents is 1. The number of nitrogens with zero attached hydrogens (tertiary/aromatic N) is 3. The smallest absolute Gasteiger partial charge is 0.269 e. The van der Waals surface area contributed by atoms with Crippen LogP contribution in [0.25, 0.3) is 0 Å². The third-order valence-electron chi connectivity index (χ3n) is 5.23. The van der Waals surface area contributed by atoms with Gasteiger partial charge in [-0.15, -0.1) is 0 Å². The molecule has 2 aromatic carbocycles. The number of rotatable bonds is 4. The molecule has 0 aliphatic carbocycles. The average Bonchev–Trinajstić information content (AvgIpc) is 3.42. The first-order valence-corrected chi connectivity index (χ1v) is 10.0. The highest BCUT2D eigenvalue weighted by atomic mass is 79.9. The summed E-state index contributed by atoms with van der Waals surface area (Å²) >= 11 is 3.54. The first-order chi connectivity index (χ1) is 14.5. The van der Waals surface area contributed by atoms with E-state index in [1.807, 2.05) is 29.3 Å². The standard InChI is InChI=1S/C21H16BrN3O5/c1-28-19-10-13(22)9-15-17-11-16(18-3-2-8-29-18)23-24(17)21(30-20(15)19)12-4-6-14(7-5-12)25(26)27/h2-10,17,21H,11H2,1H3/t17-,21+/m1/s1. The van der Waals surface area contributed by atoms with Crippen LogP contribution >= 0.6 is 15.9 Å². The summed E-state index contributed by atoms with van der Waals surface area (Å²) in [7, 11) is 1.60. The van der Waals surface area contributed by atoms with Gasteiger partial charge in [-0.25, -0.2) is 5.01 Å². The van der Waals surface area contributed by atoms with Crippen LogP contribution in [0.4, 0.5) is 5.69 Å². The molecule has 152 valence electrons. The first-order valence-electron chi connectivity index (χ1n) is 9.23. The largest absolute Gasteiger partial charge is 0.493 e. The van der Waals surface area contributed by atoms with Crippen LogP contribution in [0.15, 0.2) is 68.8 Å². The second kappa shape index (κ2) is 7.17. The van der Waals surface area contributed by atoms with E-state index in [1.165, 1.54) is 12.1 Å². The van der Waals surface area contributed by atoms with Gasteiger partial charge in [-0.05, 0) is 36.4 Å². The van der Waals surface area contributed by atoms with E-state index in [4.69, 9.17) is 19.0 Å². The van der Waals surface area contributed by atoms with Gasteiger partial charge in [0, 0.05) is 34.2 Å². The Balaban J connectivity index is 1.62. The predicted molar refractivity (Wildman–Crippen MR) is 112 cm³/mol. The van der Waals surface area contributed by atoms with Crippen LogP contribution in [-0.2, 0) is 0 Å². The van der Waals surface area contributed by atoms with Gasteiger partial charge >= 0.3 is 0 Å². The van der Waals surface area contributed by atoms with Crippen LogP contribution in [0, 0.1) is 10.1 Å². The van der Waals surface area contributed by atoms with Gasteiger partial charge in [0.05, 0.1) is 24.3 Å². The Bertz CT molecular complexity index is 1140. The van der Waals surface area contributed by atoms with E-state index in [2.05, 4.69) is 15.9 Å². The van der Waals surface area contributed by atoms with Crippen molar-refractivity contribution in [3.63, 3.8) is 0 Å². The molecule has 0 bridgehead atoms. The minimum atomic E-state index is -0.564. The summed E-state index contributed by atoms with van der Waals surface area (Å²) in [6, 6.07) is 13.8. The highest BCUT2D eigenvalue weighted by Gasteiger charge is 2.43. The molecule has 0 spiro atoms. The first kappa shape index (κ1) is 18.7. The molecule has 0 unspecified atom stereocenters. The number of hydrazone groups is 1. The summed E-state index contributed by atoms with van der Waals surface area (Å²) in [5, 5.41) is 17.7. The average molecular weight is 470 g/mol. The lowest BCUT2D eigenvalue weighted by Gasteiger charge is -2.38. The molecule has 0 fully saturated rings. The minimum Gasteiger partial charge on any atom is -0.493 e. The maximum atomic E-state index is 11.0. The maximum absolute atomic E-state index is 11.0. The van der Waals surface area contributed by atoms with Crippen molar-refractivity contribution in [3.8, 4) is 11.5 Å². The van der Waals surface area contributed by atoms with E-state index in [0.29, 0.717) is 23.7 Å². The maximum Gasteiger partial charge on any atom is 0.269 e.